The Morgan fingerprint density at radius 3 is 2.90 bits per heavy atom. The molecule has 1 spiro atoms. The maximum atomic E-state index is 13.8. The minimum absolute atomic E-state index is 0.0149. The Hall–Kier alpha value is -2.83. The Balaban J connectivity index is 1.10. The van der Waals surface area contributed by atoms with Gasteiger partial charge in [0.1, 0.15) is 0 Å². The number of aryl methyl sites for hydroxylation is 1. The van der Waals surface area contributed by atoms with Gasteiger partial charge in [-0.3, -0.25) is 9.69 Å². The molecular formula is C34H40N2O4. The number of nitrogens with zero attached hydrogens (tertiary/aromatic N) is 2. The van der Waals surface area contributed by atoms with Crippen molar-refractivity contribution in [2.45, 2.75) is 69.1 Å². The minimum atomic E-state index is -0.0598. The highest BCUT2D eigenvalue weighted by atomic mass is 16.5. The maximum absolute atomic E-state index is 13.8. The van der Waals surface area contributed by atoms with Crippen LogP contribution in [-0.2, 0) is 21.4 Å². The van der Waals surface area contributed by atoms with Gasteiger partial charge in [-0.25, -0.2) is 0 Å². The molecule has 6 nitrogen and oxygen atoms in total. The predicted octanol–water partition coefficient (Wildman–Crippen LogP) is 5.14. The number of fused-ring (bicyclic) bond motifs is 2. The van der Waals surface area contributed by atoms with E-state index in [-0.39, 0.29) is 23.5 Å². The maximum Gasteiger partial charge on any atom is 0.229 e. The van der Waals surface area contributed by atoms with Crippen LogP contribution in [0.2, 0.25) is 0 Å². The van der Waals surface area contributed by atoms with E-state index in [1.807, 2.05) is 0 Å². The van der Waals surface area contributed by atoms with Crippen LogP contribution in [-0.4, -0.2) is 62.4 Å². The number of amides is 1. The van der Waals surface area contributed by atoms with E-state index in [1.165, 1.54) is 17.5 Å². The zero-order valence-corrected chi connectivity index (χ0v) is 23.7. The van der Waals surface area contributed by atoms with Crippen LogP contribution in [0, 0.1) is 17.8 Å². The first-order chi connectivity index (χ1) is 19.6. The smallest absolute Gasteiger partial charge is 0.229 e. The van der Waals surface area contributed by atoms with Crippen molar-refractivity contribution in [1.29, 1.82) is 0 Å². The largest absolute Gasteiger partial charge is 0.493 e. The van der Waals surface area contributed by atoms with Crippen molar-refractivity contribution in [3.8, 4) is 11.5 Å². The molecule has 2 bridgehead atoms. The number of hydrogen-bond acceptors (Lipinski definition) is 5. The van der Waals surface area contributed by atoms with Crippen LogP contribution < -0.4 is 14.4 Å². The topological polar surface area (TPSA) is 51.2 Å². The highest BCUT2D eigenvalue weighted by Gasteiger charge is 2.71. The Morgan fingerprint density at radius 2 is 2.05 bits per heavy atom. The van der Waals surface area contributed by atoms with Crippen molar-refractivity contribution >= 4 is 11.6 Å². The average Bonchev–Trinajstić information content (AvgIpc) is 3.43. The van der Waals surface area contributed by atoms with Crippen molar-refractivity contribution in [2.24, 2.45) is 17.8 Å². The first-order valence-electron chi connectivity index (χ1n) is 15.3. The predicted molar refractivity (Wildman–Crippen MR) is 154 cm³/mol. The third kappa shape index (κ3) is 3.51. The summed E-state index contributed by atoms with van der Waals surface area (Å²) in [4.78, 5) is 18.7. The van der Waals surface area contributed by atoms with Gasteiger partial charge in [-0.2, -0.15) is 0 Å². The van der Waals surface area contributed by atoms with Gasteiger partial charge in [0, 0.05) is 30.0 Å². The SMILES string of the molecule is COc1cc2c(cc1OC[C@@H](C)CCCc1ccccc1)[C@@]13CCN4CC5=CCO[C@H]6CC(=O)N2[C@H]1[C@H]6[C@H]5C[C@H]43. The molecule has 8 rings (SSSR count). The molecule has 1 saturated carbocycles. The number of piperidine rings is 2. The summed E-state index contributed by atoms with van der Waals surface area (Å²) in [5, 5.41) is 0. The lowest BCUT2D eigenvalue weighted by Crippen LogP contribution is -2.69. The molecule has 0 unspecified atom stereocenters. The van der Waals surface area contributed by atoms with E-state index in [2.05, 4.69) is 65.3 Å². The van der Waals surface area contributed by atoms with Gasteiger partial charge in [-0.15, -0.1) is 0 Å². The number of rotatable bonds is 8. The number of benzene rings is 2. The monoisotopic (exact) mass is 540 g/mol. The lowest BCUT2D eigenvalue weighted by Gasteiger charge is -2.58. The Bertz CT molecular complexity index is 1360. The van der Waals surface area contributed by atoms with Crippen molar-refractivity contribution in [3.05, 3.63) is 65.2 Å². The number of anilines is 1. The number of carbonyl (C=O) groups excluding carboxylic acids is 1. The van der Waals surface area contributed by atoms with Crippen LogP contribution in [0.5, 0.6) is 11.5 Å². The summed E-state index contributed by atoms with van der Waals surface area (Å²) in [7, 11) is 1.72. The second-order valence-corrected chi connectivity index (χ2v) is 13.1. The van der Waals surface area contributed by atoms with E-state index in [9.17, 15) is 4.79 Å². The van der Waals surface area contributed by atoms with Gasteiger partial charge in [0.15, 0.2) is 11.5 Å². The van der Waals surface area contributed by atoms with E-state index in [0.717, 1.165) is 56.0 Å². The summed E-state index contributed by atoms with van der Waals surface area (Å²) in [5.74, 6) is 3.07. The van der Waals surface area contributed by atoms with Crippen molar-refractivity contribution < 1.29 is 19.0 Å². The highest BCUT2D eigenvalue weighted by Crippen LogP contribution is 2.66. The summed E-state index contributed by atoms with van der Waals surface area (Å²) in [6, 6.07) is 15.7. The number of methoxy groups -OCH3 is 1. The molecule has 1 amide bonds. The zero-order chi connectivity index (χ0) is 27.0. The van der Waals surface area contributed by atoms with Crippen molar-refractivity contribution in [3.63, 3.8) is 0 Å². The molecule has 3 saturated heterocycles. The van der Waals surface area contributed by atoms with Crippen molar-refractivity contribution in [2.75, 3.05) is 38.3 Å². The van der Waals surface area contributed by atoms with Crippen LogP contribution in [0.1, 0.15) is 50.2 Å². The summed E-state index contributed by atoms with van der Waals surface area (Å²) in [6.45, 7) is 5.72. The molecule has 4 fully saturated rings. The molecule has 40 heavy (non-hydrogen) atoms. The Kier molecular flexibility index (Phi) is 5.83. The van der Waals surface area contributed by atoms with Gasteiger partial charge < -0.3 is 19.1 Å². The van der Waals surface area contributed by atoms with Gasteiger partial charge in [-0.1, -0.05) is 48.9 Å². The molecule has 0 aromatic heterocycles. The first kappa shape index (κ1) is 24.9. The average molecular weight is 541 g/mol. The van der Waals surface area contributed by atoms with Crippen LogP contribution >= 0.6 is 0 Å². The van der Waals surface area contributed by atoms with E-state index in [1.54, 1.807) is 12.7 Å². The van der Waals surface area contributed by atoms with E-state index in [4.69, 9.17) is 14.2 Å². The molecule has 5 aliphatic heterocycles. The normalized spacial score (nSPS) is 33.8. The van der Waals surface area contributed by atoms with Gasteiger partial charge in [-0.05, 0) is 67.7 Å². The fourth-order valence-corrected chi connectivity index (χ4v) is 9.44. The second-order valence-electron chi connectivity index (χ2n) is 13.1. The third-order valence-corrected chi connectivity index (χ3v) is 11.1. The summed E-state index contributed by atoms with van der Waals surface area (Å²) in [5.41, 5.74) is 5.25. The lowest BCUT2D eigenvalue weighted by molar-refractivity contribution is -0.132. The molecule has 1 aliphatic carbocycles. The van der Waals surface area contributed by atoms with Crippen LogP contribution in [0.15, 0.2) is 54.1 Å². The molecule has 6 aliphatic rings. The van der Waals surface area contributed by atoms with Crippen LogP contribution in [0.3, 0.4) is 0 Å². The van der Waals surface area contributed by atoms with Crippen LogP contribution in [0.4, 0.5) is 5.69 Å². The van der Waals surface area contributed by atoms with Gasteiger partial charge in [0.05, 0.1) is 44.6 Å². The van der Waals surface area contributed by atoms with E-state index >= 15 is 0 Å². The van der Waals surface area contributed by atoms with Gasteiger partial charge >= 0.3 is 0 Å². The molecule has 0 radical (unpaired) electrons. The van der Waals surface area contributed by atoms with Crippen molar-refractivity contribution in [1.82, 2.24) is 4.90 Å². The summed E-state index contributed by atoms with van der Waals surface area (Å²) in [6.07, 6.45) is 8.45. The summed E-state index contributed by atoms with van der Waals surface area (Å²) >= 11 is 0. The molecule has 210 valence electrons. The molecule has 5 heterocycles. The molecule has 0 N–H and O–H groups in total. The molecule has 2 aromatic rings. The summed E-state index contributed by atoms with van der Waals surface area (Å²) < 4.78 is 18.8. The number of ether oxygens (including phenoxy) is 3. The fourth-order valence-electron chi connectivity index (χ4n) is 9.44. The van der Waals surface area contributed by atoms with Crippen LogP contribution in [0.25, 0.3) is 0 Å². The molecule has 6 heteroatoms. The Morgan fingerprint density at radius 1 is 1.18 bits per heavy atom. The third-order valence-electron chi connectivity index (χ3n) is 11.1. The fraction of sp³-hybridized carbons (Fsp3) is 0.559. The second kappa shape index (κ2) is 9.35. The number of carbonyl (C=O) groups is 1. The zero-order valence-electron chi connectivity index (χ0n) is 23.7. The van der Waals surface area contributed by atoms with E-state index < -0.39 is 0 Å². The number of hydrogen-bond donors (Lipinski definition) is 0. The first-order valence-corrected chi connectivity index (χ1v) is 15.3. The van der Waals surface area contributed by atoms with E-state index in [0.29, 0.717) is 43.4 Å². The molecular weight excluding hydrogens is 500 g/mol. The Labute approximate surface area is 237 Å². The quantitative estimate of drug-likeness (QED) is 0.434. The molecule has 7 atom stereocenters. The lowest BCUT2D eigenvalue weighted by atomic mass is 9.53. The highest BCUT2D eigenvalue weighted by molar-refractivity contribution is 5.99. The minimum Gasteiger partial charge on any atom is -0.493 e. The van der Waals surface area contributed by atoms with Gasteiger partial charge in [0.2, 0.25) is 5.91 Å². The standard InChI is InChI=1S/C34H40N2O4/c1-21(7-6-10-22-8-4-3-5-9-22)20-40-28-16-25-26(17-27(28)38-2)36-31(37)18-29-32-24-15-30-34(25,33(32)36)12-13-35(30)19-23(24)11-14-39-29/h3-5,8-9,11,16-17,21,24,29-30,32-33H,6-7,10,12-15,18-20H2,1-2H3/t21-,24-,29-,30-,32-,33-,34+/m0/s1. The van der Waals surface area contributed by atoms with Gasteiger partial charge in [0.25, 0.3) is 0 Å². The molecule has 2 aromatic carbocycles.